The van der Waals surface area contributed by atoms with Crippen LogP contribution in [0.1, 0.15) is 28.5 Å². The highest BCUT2D eigenvalue weighted by Crippen LogP contribution is 2.18. The lowest BCUT2D eigenvalue weighted by molar-refractivity contribution is 0.0955. The molecule has 0 atom stereocenters. The Morgan fingerprint density at radius 2 is 1.88 bits per heavy atom. The lowest BCUT2D eigenvalue weighted by Crippen LogP contribution is -2.26. The third-order valence-electron chi connectivity index (χ3n) is 4.02. The molecule has 1 amide bonds. The van der Waals surface area contributed by atoms with Gasteiger partial charge in [0.2, 0.25) is 0 Å². The second-order valence-electron chi connectivity index (χ2n) is 5.91. The Balaban J connectivity index is 1.65. The maximum absolute atomic E-state index is 12.6. The van der Waals surface area contributed by atoms with Gasteiger partial charge in [0, 0.05) is 17.6 Å². The number of fused-ring (bicyclic) bond motifs is 1. The Morgan fingerprint density at radius 1 is 1.12 bits per heavy atom. The average Bonchev–Trinajstić information content (AvgIpc) is 2.62. The summed E-state index contributed by atoms with van der Waals surface area (Å²) in [6.07, 6.45) is 0.778. The highest BCUT2D eigenvalue weighted by atomic mass is 16.5. The van der Waals surface area contributed by atoms with Gasteiger partial charge in [0.1, 0.15) is 5.75 Å². The van der Waals surface area contributed by atoms with Crippen LogP contribution in [-0.4, -0.2) is 24.0 Å². The van der Waals surface area contributed by atoms with Crippen molar-refractivity contribution in [2.45, 2.75) is 20.3 Å². The smallest absolute Gasteiger partial charge is 0.252 e. The third-order valence-corrected chi connectivity index (χ3v) is 4.02. The van der Waals surface area contributed by atoms with Gasteiger partial charge in [0.05, 0.1) is 17.7 Å². The molecule has 0 spiro atoms. The number of carbonyl (C=O) groups excluding carboxylic acids is 1. The summed E-state index contributed by atoms with van der Waals surface area (Å²) in [6.45, 7) is 5.12. The van der Waals surface area contributed by atoms with E-state index in [1.807, 2.05) is 68.4 Å². The van der Waals surface area contributed by atoms with E-state index < -0.39 is 0 Å². The van der Waals surface area contributed by atoms with E-state index in [0.717, 1.165) is 28.8 Å². The summed E-state index contributed by atoms with van der Waals surface area (Å²) in [7, 11) is 0. The summed E-state index contributed by atoms with van der Waals surface area (Å²) in [5.74, 6) is 0.807. The number of carbonyl (C=O) groups is 1. The van der Waals surface area contributed by atoms with Gasteiger partial charge >= 0.3 is 0 Å². The van der Waals surface area contributed by atoms with Gasteiger partial charge in [-0.25, -0.2) is 0 Å². The molecular weight excluding hydrogens is 312 g/mol. The monoisotopic (exact) mass is 334 g/mol. The third kappa shape index (κ3) is 4.15. The Hall–Kier alpha value is -2.88. The summed E-state index contributed by atoms with van der Waals surface area (Å²) in [5.41, 5.74) is 3.53. The van der Waals surface area contributed by atoms with E-state index >= 15 is 0 Å². The van der Waals surface area contributed by atoms with Crippen molar-refractivity contribution >= 4 is 16.8 Å². The molecule has 4 nitrogen and oxygen atoms in total. The summed E-state index contributed by atoms with van der Waals surface area (Å²) in [6, 6.07) is 17.5. The van der Waals surface area contributed by atoms with E-state index in [4.69, 9.17) is 4.74 Å². The fraction of sp³-hybridized carbons (Fsp3) is 0.238. The van der Waals surface area contributed by atoms with Crippen molar-refractivity contribution in [2.75, 3.05) is 13.2 Å². The van der Waals surface area contributed by atoms with Crippen LogP contribution in [0.2, 0.25) is 0 Å². The number of nitrogens with zero attached hydrogens (tertiary/aromatic N) is 1. The van der Waals surface area contributed by atoms with Gasteiger partial charge in [0.15, 0.2) is 0 Å². The minimum absolute atomic E-state index is 0.0624. The molecule has 1 N–H and O–H groups in total. The summed E-state index contributed by atoms with van der Waals surface area (Å²) >= 11 is 0. The molecule has 128 valence electrons. The number of amides is 1. The average molecular weight is 334 g/mol. The highest BCUT2D eigenvalue weighted by molar-refractivity contribution is 6.06. The molecule has 0 saturated heterocycles. The lowest BCUT2D eigenvalue weighted by atomic mass is 10.1. The lowest BCUT2D eigenvalue weighted by Gasteiger charge is -2.09. The first-order valence-electron chi connectivity index (χ1n) is 8.53. The van der Waals surface area contributed by atoms with Gasteiger partial charge < -0.3 is 10.1 Å². The number of nitrogens with one attached hydrogen (secondary N) is 1. The number of rotatable bonds is 6. The van der Waals surface area contributed by atoms with Crippen LogP contribution in [0.15, 0.2) is 54.6 Å². The number of aromatic nitrogens is 1. The van der Waals surface area contributed by atoms with Crippen molar-refractivity contribution in [3.05, 3.63) is 71.4 Å². The van der Waals surface area contributed by atoms with Gasteiger partial charge in [-0.1, -0.05) is 30.3 Å². The van der Waals surface area contributed by atoms with E-state index in [9.17, 15) is 4.79 Å². The zero-order chi connectivity index (χ0) is 17.6. The second-order valence-corrected chi connectivity index (χ2v) is 5.91. The molecule has 2 aromatic carbocycles. The van der Waals surface area contributed by atoms with Crippen LogP contribution >= 0.6 is 0 Å². The zero-order valence-electron chi connectivity index (χ0n) is 14.6. The fourth-order valence-electron chi connectivity index (χ4n) is 2.83. The van der Waals surface area contributed by atoms with Gasteiger partial charge in [0.25, 0.3) is 5.91 Å². The largest absolute Gasteiger partial charge is 0.494 e. The van der Waals surface area contributed by atoms with Crippen LogP contribution < -0.4 is 10.1 Å². The van der Waals surface area contributed by atoms with Crippen molar-refractivity contribution in [1.29, 1.82) is 0 Å². The normalized spacial score (nSPS) is 10.6. The predicted molar refractivity (Wildman–Crippen MR) is 100 cm³/mol. The SMILES string of the molecule is CCOc1ccc(CCNC(=O)c2cc(C)nc3ccccc23)cc1. The standard InChI is InChI=1S/C21H22N2O2/c1-3-25-17-10-8-16(9-11-17)12-13-22-21(24)19-14-15(2)23-20-7-5-4-6-18(19)20/h4-11,14H,3,12-13H2,1-2H3,(H,22,24). The topological polar surface area (TPSA) is 51.2 Å². The van der Waals surface area contributed by atoms with Crippen molar-refractivity contribution in [3.8, 4) is 5.75 Å². The molecule has 1 aromatic heterocycles. The van der Waals surface area contributed by atoms with E-state index in [1.54, 1.807) is 0 Å². The van der Waals surface area contributed by atoms with Crippen LogP contribution in [0.3, 0.4) is 0 Å². The Kier molecular flexibility index (Phi) is 5.29. The molecule has 0 aliphatic rings. The zero-order valence-corrected chi connectivity index (χ0v) is 14.6. The number of para-hydroxylation sites is 1. The van der Waals surface area contributed by atoms with Gasteiger partial charge in [-0.15, -0.1) is 0 Å². The fourth-order valence-corrected chi connectivity index (χ4v) is 2.83. The number of hydrogen-bond acceptors (Lipinski definition) is 3. The minimum atomic E-state index is -0.0624. The number of benzene rings is 2. The predicted octanol–water partition coefficient (Wildman–Crippen LogP) is 3.91. The molecule has 0 aliphatic carbocycles. The molecule has 3 rings (SSSR count). The molecule has 0 saturated carbocycles. The number of hydrogen-bond donors (Lipinski definition) is 1. The van der Waals surface area contributed by atoms with Crippen LogP contribution in [0.4, 0.5) is 0 Å². The van der Waals surface area contributed by atoms with Gasteiger partial charge in [-0.2, -0.15) is 0 Å². The molecule has 0 bridgehead atoms. The van der Waals surface area contributed by atoms with Crippen molar-refractivity contribution in [2.24, 2.45) is 0 Å². The first-order chi connectivity index (χ1) is 12.2. The van der Waals surface area contributed by atoms with Crippen molar-refractivity contribution in [1.82, 2.24) is 10.3 Å². The van der Waals surface area contributed by atoms with Crippen LogP contribution in [0, 0.1) is 6.92 Å². The molecule has 0 aliphatic heterocycles. The summed E-state index contributed by atoms with van der Waals surface area (Å²) < 4.78 is 5.44. The van der Waals surface area contributed by atoms with Gasteiger partial charge in [-0.3, -0.25) is 9.78 Å². The number of ether oxygens (including phenoxy) is 1. The second kappa shape index (κ2) is 7.79. The quantitative estimate of drug-likeness (QED) is 0.743. The summed E-state index contributed by atoms with van der Waals surface area (Å²) in [5, 5.41) is 3.89. The Labute approximate surface area is 147 Å². The first kappa shape index (κ1) is 17.0. The maximum atomic E-state index is 12.6. The van der Waals surface area contributed by atoms with Gasteiger partial charge in [-0.05, 0) is 50.1 Å². The van der Waals surface area contributed by atoms with Crippen LogP contribution in [0.5, 0.6) is 5.75 Å². The molecular formula is C21H22N2O2. The number of pyridine rings is 1. The van der Waals surface area contributed by atoms with Crippen molar-refractivity contribution < 1.29 is 9.53 Å². The molecule has 3 aromatic rings. The van der Waals surface area contributed by atoms with Crippen LogP contribution in [-0.2, 0) is 6.42 Å². The minimum Gasteiger partial charge on any atom is -0.494 e. The molecule has 0 radical (unpaired) electrons. The van der Waals surface area contributed by atoms with E-state index in [2.05, 4.69) is 10.3 Å². The molecule has 25 heavy (non-hydrogen) atoms. The van der Waals surface area contributed by atoms with E-state index in [1.165, 1.54) is 5.56 Å². The Morgan fingerprint density at radius 3 is 2.64 bits per heavy atom. The highest BCUT2D eigenvalue weighted by Gasteiger charge is 2.11. The molecule has 1 heterocycles. The van der Waals surface area contributed by atoms with E-state index in [-0.39, 0.29) is 5.91 Å². The Bertz CT molecular complexity index is 873. The van der Waals surface area contributed by atoms with Crippen molar-refractivity contribution in [3.63, 3.8) is 0 Å². The maximum Gasteiger partial charge on any atom is 0.252 e. The van der Waals surface area contributed by atoms with Crippen LogP contribution in [0.25, 0.3) is 10.9 Å². The number of aryl methyl sites for hydroxylation is 1. The summed E-state index contributed by atoms with van der Waals surface area (Å²) in [4.78, 5) is 17.1. The molecule has 0 fully saturated rings. The molecule has 4 heteroatoms. The first-order valence-corrected chi connectivity index (χ1v) is 8.53. The van der Waals surface area contributed by atoms with E-state index in [0.29, 0.717) is 18.7 Å². The molecule has 0 unspecified atom stereocenters.